The molecule has 27 heavy (non-hydrogen) atoms. The molecule has 7 nitrogen and oxygen atoms in total. The van der Waals surface area contributed by atoms with Gasteiger partial charge in [-0.15, -0.1) is 10.2 Å². The SMILES string of the molecule is CCN(CC)S(=O)(=O)c1ccc(C=CC(=O)Nc2nnc(C3CC3)s2)cc1. The van der Waals surface area contributed by atoms with E-state index in [2.05, 4.69) is 15.5 Å². The summed E-state index contributed by atoms with van der Waals surface area (Å²) in [6.45, 7) is 4.47. The van der Waals surface area contributed by atoms with E-state index in [0.717, 1.165) is 23.4 Å². The van der Waals surface area contributed by atoms with Crippen LogP contribution in [0.15, 0.2) is 35.2 Å². The standard InChI is InChI=1S/C18H22N4O3S2/c1-3-22(4-2)27(24,25)15-10-5-13(6-11-15)7-12-16(23)19-18-21-20-17(26-18)14-8-9-14/h5-7,10-12,14H,3-4,8-9H2,1-2H3,(H,19,21,23). The van der Waals surface area contributed by atoms with Crippen LogP contribution in [0, 0.1) is 0 Å². The molecule has 0 unspecified atom stereocenters. The minimum absolute atomic E-state index is 0.245. The molecule has 1 aromatic heterocycles. The first-order valence-corrected chi connectivity index (χ1v) is 11.1. The highest BCUT2D eigenvalue weighted by atomic mass is 32.2. The lowest BCUT2D eigenvalue weighted by Crippen LogP contribution is -2.30. The van der Waals surface area contributed by atoms with Gasteiger partial charge < -0.3 is 0 Å². The van der Waals surface area contributed by atoms with E-state index in [1.165, 1.54) is 21.7 Å². The van der Waals surface area contributed by atoms with Gasteiger partial charge in [-0.05, 0) is 36.6 Å². The van der Waals surface area contributed by atoms with Gasteiger partial charge in [-0.3, -0.25) is 10.1 Å². The summed E-state index contributed by atoms with van der Waals surface area (Å²) in [5.74, 6) is 0.211. The van der Waals surface area contributed by atoms with E-state index in [1.54, 1.807) is 30.3 Å². The highest BCUT2D eigenvalue weighted by Gasteiger charge is 2.27. The maximum Gasteiger partial charge on any atom is 0.250 e. The van der Waals surface area contributed by atoms with Crippen LogP contribution in [0.4, 0.5) is 5.13 Å². The van der Waals surface area contributed by atoms with Crippen molar-refractivity contribution in [3.8, 4) is 0 Å². The molecule has 1 aliphatic rings. The highest BCUT2D eigenvalue weighted by Crippen LogP contribution is 2.42. The number of anilines is 1. The molecule has 0 bridgehead atoms. The van der Waals surface area contributed by atoms with Gasteiger partial charge in [0.1, 0.15) is 5.01 Å². The predicted molar refractivity (Wildman–Crippen MR) is 106 cm³/mol. The van der Waals surface area contributed by atoms with Crippen molar-refractivity contribution in [3.63, 3.8) is 0 Å². The van der Waals surface area contributed by atoms with Crippen LogP contribution in [-0.4, -0.2) is 41.9 Å². The van der Waals surface area contributed by atoms with Gasteiger partial charge in [0.15, 0.2) is 0 Å². The van der Waals surface area contributed by atoms with Crippen molar-refractivity contribution in [2.45, 2.75) is 37.5 Å². The maximum atomic E-state index is 12.5. The van der Waals surface area contributed by atoms with E-state index in [1.807, 2.05) is 13.8 Å². The predicted octanol–water partition coefficient (Wildman–Crippen LogP) is 3.10. The first-order chi connectivity index (χ1) is 12.9. The zero-order valence-electron chi connectivity index (χ0n) is 15.3. The topological polar surface area (TPSA) is 92.3 Å². The van der Waals surface area contributed by atoms with E-state index in [-0.39, 0.29) is 10.8 Å². The summed E-state index contributed by atoms with van der Waals surface area (Å²) in [7, 11) is -3.47. The zero-order valence-corrected chi connectivity index (χ0v) is 16.9. The number of nitrogens with one attached hydrogen (secondary N) is 1. The van der Waals surface area contributed by atoms with Crippen molar-refractivity contribution in [1.29, 1.82) is 0 Å². The van der Waals surface area contributed by atoms with Gasteiger partial charge in [-0.2, -0.15) is 4.31 Å². The van der Waals surface area contributed by atoms with Crippen molar-refractivity contribution < 1.29 is 13.2 Å². The number of rotatable bonds is 8. The van der Waals surface area contributed by atoms with Gasteiger partial charge in [0.2, 0.25) is 21.1 Å². The molecule has 1 saturated carbocycles. The van der Waals surface area contributed by atoms with Crippen LogP contribution in [0.1, 0.15) is 43.2 Å². The van der Waals surface area contributed by atoms with Crippen LogP contribution in [0.5, 0.6) is 0 Å². The smallest absolute Gasteiger partial charge is 0.250 e. The fourth-order valence-electron chi connectivity index (χ4n) is 2.56. The normalized spacial score (nSPS) is 14.8. The number of benzene rings is 1. The van der Waals surface area contributed by atoms with E-state index in [9.17, 15) is 13.2 Å². The van der Waals surface area contributed by atoms with Gasteiger partial charge in [0.25, 0.3) is 0 Å². The second kappa shape index (κ2) is 8.28. The Kier molecular flexibility index (Phi) is 6.03. The summed E-state index contributed by atoms with van der Waals surface area (Å²) in [6, 6.07) is 6.46. The summed E-state index contributed by atoms with van der Waals surface area (Å²) in [6.07, 6.45) is 5.31. The van der Waals surface area contributed by atoms with E-state index in [4.69, 9.17) is 0 Å². The van der Waals surface area contributed by atoms with Gasteiger partial charge in [-0.1, -0.05) is 37.3 Å². The van der Waals surface area contributed by atoms with Crippen molar-refractivity contribution in [2.24, 2.45) is 0 Å². The van der Waals surface area contributed by atoms with Crippen LogP contribution in [0.25, 0.3) is 6.08 Å². The first-order valence-electron chi connectivity index (χ1n) is 8.86. The Balaban J connectivity index is 1.62. The van der Waals surface area contributed by atoms with E-state index >= 15 is 0 Å². The lowest BCUT2D eigenvalue weighted by molar-refractivity contribution is -0.111. The quantitative estimate of drug-likeness (QED) is 0.680. The molecule has 2 aromatic rings. The molecule has 1 amide bonds. The molecule has 1 N–H and O–H groups in total. The Morgan fingerprint density at radius 1 is 1.22 bits per heavy atom. The van der Waals surface area contributed by atoms with Crippen LogP contribution in [0.2, 0.25) is 0 Å². The monoisotopic (exact) mass is 406 g/mol. The van der Waals surface area contributed by atoms with Crippen LogP contribution < -0.4 is 5.32 Å². The van der Waals surface area contributed by atoms with Gasteiger partial charge in [-0.25, -0.2) is 8.42 Å². The Morgan fingerprint density at radius 2 is 1.89 bits per heavy atom. The number of aromatic nitrogens is 2. The highest BCUT2D eigenvalue weighted by molar-refractivity contribution is 7.89. The van der Waals surface area contributed by atoms with Crippen LogP contribution in [-0.2, 0) is 14.8 Å². The van der Waals surface area contributed by atoms with Crippen molar-refractivity contribution in [1.82, 2.24) is 14.5 Å². The average molecular weight is 407 g/mol. The Morgan fingerprint density at radius 3 is 2.48 bits per heavy atom. The molecule has 0 radical (unpaired) electrons. The number of nitrogens with zero attached hydrogens (tertiary/aromatic N) is 3. The average Bonchev–Trinajstić information content (AvgIpc) is 3.41. The summed E-state index contributed by atoms with van der Waals surface area (Å²) < 4.78 is 26.3. The number of carbonyl (C=O) groups is 1. The lowest BCUT2D eigenvalue weighted by atomic mass is 10.2. The van der Waals surface area contributed by atoms with E-state index in [0.29, 0.717) is 24.1 Å². The molecule has 9 heteroatoms. The van der Waals surface area contributed by atoms with E-state index < -0.39 is 10.0 Å². The Hall–Kier alpha value is -2.10. The molecular weight excluding hydrogens is 384 g/mol. The van der Waals surface area contributed by atoms with Gasteiger partial charge in [0.05, 0.1) is 4.90 Å². The number of carbonyl (C=O) groups excluding carboxylic acids is 1. The van der Waals surface area contributed by atoms with Crippen molar-refractivity contribution in [3.05, 3.63) is 40.9 Å². The van der Waals surface area contributed by atoms with Crippen LogP contribution >= 0.6 is 11.3 Å². The zero-order chi connectivity index (χ0) is 19.4. The molecule has 0 saturated heterocycles. The number of sulfonamides is 1. The van der Waals surface area contributed by atoms with Crippen molar-refractivity contribution in [2.75, 3.05) is 18.4 Å². The number of hydrogen-bond acceptors (Lipinski definition) is 6. The second-order valence-electron chi connectivity index (χ2n) is 6.20. The second-order valence-corrected chi connectivity index (χ2v) is 9.15. The summed E-state index contributed by atoms with van der Waals surface area (Å²) in [4.78, 5) is 12.3. The minimum Gasteiger partial charge on any atom is -0.297 e. The molecule has 0 atom stereocenters. The molecule has 1 aromatic carbocycles. The first kappa shape index (κ1) is 19.7. The largest absolute Gasteiger partial charge is 0.297 e. The Labute approximate surface area is 163 Å². The van der Waals surface area contributed by atoms with Gasteiger partial charge in [0, 0.05) is 25.1 Å². The summed E-state index contributed by atoms with van der Waals surface area (Å²) >= 11 is 1.41. The van der Waals surface area contributed by atoms with Crippen LogP contribution in [0.3, 0.4) is 0 Å². The fraction of sp³-hybridized carbons (Fsp3) is 0.389. The molecule has 1 aliphatic carbocycles. The fourth-order valence-corrected chi connectivity index (χ4v) is 4.94. The lowest BCUT2D eigenvalue weighted by Gasteiger charge is -2.18. The third-order valence-corrected chi connectivity index (χ3v) is 7.31. The van der Waals surface area contributed by atoms with Gasteiger partial charge >= 0.3 is 0 Å². The van der Waals surface area contributed by atoms with Crippen molar-refractivity contribution >= 4 is 38.5 Å². The molecule has 0 spiro atoms. The molecule has 0 aliphatic heterocycles. The minimum atomic E-state index is -3.47. The third kappa shape index (κ3) is 4.79. The number of amides is 1. The Bertz CT molecular complexity index is 928. The number of hydrogen-bond donors (Lipinski definition) is 1. The molecule has 3 rings (SSSR count). The summed E-state index contributed by atoms with van der Waals surface area (Å²) in [5, 5.41) is 12.2. The maximum absolute atomic E-state index is 12.5. The molecule has 1 heterocycles. The summed E-state index contributed by atoms with van der Waals surface area (Å²) in [5.41, 5.74) is 0.736. The molecular formula is C18H22N4O3S2. The third-order valence-electron chi connectivity index (χ3n) is 4.25. The molecule has 1 fully saturated rings. The molecule has 144 valence electrons.